The smallest absolute Gasteiger partial charge is 0.269 e. The zero-order valence-electron chi connectivity index (χ0n) is 23.3. The third-order valence-electron chi connectivity index (χ3n) is 8.14. The van der Waals surface area contributed by atoms with Crippen LogP contribution in [0.5, 0.6) is 5.88 Å². The van der Waals surface area contributed by atoms with Gasteiger partial charge in [0.2, 0.25) is 5.88 Å². The first-order valence-electron chi connectivity index (χ1n) is 14.0. The third kappa shape index (κ3) is 6.23. The highest BCUT2D eigenvalue weighted by Crippen LogP contribution is 2.33. The van der Waals surface area contributed by atoms with Gasteiger partial charge in [-0.1, -0.05) is 42.5 Å². The lowest BCUT2D eigenvalue weighted by Crippen LogP contribution is -2.43. The first-order valence-corrected chi connectivity index (χ1v) is 15.2. The molecule has 1 N–H and O–H groups in total. The van der Waals surface area contributed by atoms with Crippen molar-refractivity contribution in [1.29, 1.82) is 5.26 Å². The molecule has 2 aliphatic heterocycles. The number of piperidine rings is 1. The number of aromatic nitrogens is 2. The molecule has 0 spiro atoms. The van der Waals surface area contributed by atoms with Gasteiger partial charge in [-0.05, 0) is 85.7 Å². The number of rotatable bonds is 3. The molecule has 6 rings (SSSR count). The SMILES string of the molecule is Cc1cccc(C)c1-c1cc2nc(n1)N[S+]([O-])c1cccc(c1)CC1CCN(Cc3ccc(C#N)cc3)C[C@@H]1CO2. The molecule has 1 fully saturated rings. The molecule has 1 saturated heterocycles. The normalized spacial score (nSPS) is 20.7. The number of ether oxygens (including phenoxy) is 1. The molecule has 3 aromatic carbocycles. The summed E-state index contributed by atoms with van der Waals surface area (Å²) < 4.78 is 22.8. The van der Waals surface area contributed by atoms with E-state index in [-0.39, 0.29) is 11.9 Å². The number of benzene rings is 3. The number of nitrogens with one attached hydrogen (secondary N) is 1. The van der Waals surface area contributed by atoms with Crippen molar-refractivity contribution in [1.82, 2.24) is 14.9 Å². The quantitative estimate of drug-likeness (QED) is 0.313. The van der Waals surface area contributed by atoms with E-state index in [4.69, 9.17) is 15.0 Å². The van der Waals surface area contributed by atoms with Crippen LogP contribution in [-0.4, -0.2) is 39.1 Å². The Morgan fingerprint density at radius 3 is 2.59 bits per heavy atom. The summed E-state index contributed by atoms with van der Waals surface area (Å²) in [7, 11) is 0. The van der Waals surface area contributed by atoms with Crippen LogP contribution in [0.15, 0.2) is 77.7 Å². The van der Waals surface area contributed by atoms with Crippen LogP contribution in [0.3, 0.4) is 0 Å². The third-order valence-corrected chi connectivity index (χ3v) is 9.19. The molecule has 3 heterocycles. The Hall–Kier alpha value is -3.90. The van der Waals surface area contributed by atoms with Crippen molar-refractivity contribution in [2.75, 3.05) is 24.4 Å². The molecule has 3 atom stereocenters. The standard InChI is InChI=1S/C33H33N5O2S/c1-22-5-3-6-23(2)32(22)30-17-31-36-33(35-30)37-41(39)29-8-4-7-26(16-29)15-27-13-14-38(20-28(27)21-40-31)19-25-11-9-24(18-34)10-12-25/h3-12,16-17,27-28H,13-15,19-21H2,1-2H3,(H,35,36,37)/t27?,28-,41?/m1/s1. The highest BCUT2D eigenvalue weighted by Gasteiger charge is 2.31. The second kappa shape index (κ2) is 11.9. The monoisotopic (exact) mass is 563 g/mol. The second-order valence-corrected chi connectivity index (χ2v) is 12.3. The van der Waals surface area contributed by atoms with Gasteiger partial charge in [-0.15, -0.1) is 0 Å². The number of aryl methyl sites for hydroxylation is 2. The van der Waals surface area contributed by atoms with Crippen molar-refractivity contribution in [3.63, 3.8) is 0 Å². The molecule has 7 nitrogen and oxygen atoms in total. The Morgan fingerprint density at radius 2 is 1.80 bits per heavy atom. The molecule has 0 radical (unpaired) electrons. The van der Waals surface area contributed by atoms with Gasteiger partial charge in [0.25, 0.3) is 5.95 Å². The molecule has 4 bridgehead atoms. The second-order valence-electron chi connectivity index (χ2n) is 11.1. The Morgan fingerprint density at radius 1 is 1.02 bits per heavy atom. The number of nitrogens with zero attached hydrogens (tertiary/aromatic N) is 4. The van der Waals surface area contributed by atoms with Gasteiger partial charge in [-0.2, -0.15) is 15.0 Å². The Balaban J connectivity index is 1.32. The highest BCUT2D eigenvalue weighted by atomic mass is 32.2. The molecule has 208 valence electrons. The molecule has 1 aromatic heterocycles. The van der Waals surface area contributed by atoms with E-state index in [1.165, 1.54) is 11.1 Å². The summed E-state index contributed by atoms with van der Waals surface area (Å²) >= 11 is -1.51. The Bertz CT molecular complexity index is 1570. The molecular formula is C33H33N5O2S. The van der Waals surface area contributed by atoms with Crippen LogP contribution in [0.1, 0.15) is 34.2 Å². The average molecular weight is 564 g/mol. The molecule has 0 aliphatic carbocycles. The zero-order chi connectivity index (χ0) is 28.3. The first kappa shape index (κ1) is 27.3. The van der Waals surface area contributed by atoms with Crippen molar-refractivity contribution >= 4 is 17.3 Å². The number of anilines is 1. The lowest BCUT2D eigenvalue weighted by molar-refractivity contribution is 0.0746. The summed E-state index contributed by atoms with van der Waals surface area (Å²) in [4.78, 5) is 12.6. The van der Waals surface area contributed by atoms with E-state index in [1.807, 2.05) is 54.6 Å². The number of hydrogen-bond acceptors (Lipinski definition) is 7. The summed E-state index contributed by atoms with van der Waals surface area (Å²) in [6.07, 6.45) is 1.94. The van der Waals surface area contributed by atoms with Crippen molar-refractivity contribution < 1.29 is 9.29 Å². The minimum absolute atomic E-state index is 0.283. The van der Waals surface area contributed by atoms with Gasteiger partial charge >= 0.3 is 0 Å². The number of likely N-dealkylation sites (tertiary alicyclic amines) is 1. The Labute approximate surface area is 244 Å². The maximum absolute atomic E-state index is 13.4. The van der Waals surface area contributed by atoms with Crippen molar-refractivity contribution in [3.05, 3.63) is 101 Å². The maximum atomic E-state index is 13.4. The van der Waals surface area contributed by atoms with Crippen molar-refractivity contribution in [3.8, 4) is 23.2 Å². The fourth-order valence-corrected chi connectivity index (χ4v) is 6.85. The molecular weight excluding hydrogens is 530 g/mol. The summed E-state index contributed by atoms with van der Waals surface area (Å²) in [6.45, 7) is 7.39. The van der Waals surface area contributed by atoms with Gasteiger partial charge in [0.1, 0.15) is 11.4 Å². The van der Waals surface area contributed by atoms with Crippen LogP contribution < -0.4 is 9.46 Å². The van der Waals surface area contributed by atoms with Gasteiger partial charge in [-0.25, -0.2) is 4.98 Å². The summed E-state index contributed by atoms with van der Waals surface area (Å²) in [5.41, 5.74) is 7.05. The lowest BCUT2D eigenvalue weighted by atomic mass is 9.81. The van der Waals surface area contributed by atoms with E-state index in [0.29, 0.717) is 28.9 Å². The average Bonchev–Trinajstić information content (AvgIpc) is 2.97. The van der Waals surface area contributed by atoms with Crippen molar-refractivity contribution in [2.24, 2.45) is 11.8 Å². The summed E-state index contributed by atoms with van der Waals surface area (Å²) in [6, 6.07) is 26.2. The van der Waals surface area contributed by atoms with E-state index < -0.39 is 11.4 Å². The van der Waals surface area contributed by atoms with Gasteiger partial charge in [0, 0.05) is 30.6 Å². The molecule has 2 unspecified atom stereocenters. The van der Waals surface area contributed by atoms with Crippen LogP contribution in [0.25, 0.3) is 11.3 Å². The topological polar surface area (TPSA) is 97.1 Å². The minimum atomic E-state index is -1.51. The maximum Gasteiger partial charge on any atom is 0.269 e. The van der Waals surface area contributed by atoms with Gasteiger partial charge in [0.15, 0.2) is 4.90 Å². The summed E-state index contributed by atoms with van der Waals surface area (Å²) in [5.74, 6) is 1.47. The first-order chi connectivity index (χ1) is 19.9. The van der Waals surface area contributed by atoms with Crippen LogP contribution in [0.4, 0.5) is 5.95 Å². The molecule has 41 heavy (non-hydrogen) atoms. The largest absolute Gasteiger partial charge is 0.588 e. The van der Waals surface area contributed by atoms with Gasteiger partial charge in [-0.3, -0.25) is 4.90 Å². The van der Waals surface area contributed by atoms with E-state index in [2.05, 4.69) is 52.7 Å². The lowest BCUT2D eigenvalue weighted by Gasteiger charge is -2.38. The highest BCUT2D eigenvalue weighted by molar-refractivity contribution is 7.92. The summed E-state index contributed by atoms with van der Waals surface area (Å²) in [5, 5.41) is 9.15. The number of fused-ring (bicyclic) bond motifs is 5. The number of nitriles is 1. The van der Waals surface area contributed by atoms with Crippen molar-refractivity contribution in [2.45, 2.75) is 38.1 Å². The van der Waals surface area contributed by atoms with Gasteiger partial charge < -0.3 is 9.29 Å². The van der Waals surface area contributed by atoms with E-state index in [1.54, 1.807) is 0 Å². The minimum Gasteiger partial charge on any atom is -0.588 e. The predicted molar refractivity (Wildman–Crippen MR) is 161 cm³/mol. The number of hydrogen-bond donors (Lipinski definition) is 1. The predicted octanol–water partition coefficient (Wildman–Crippen LogP) is 5.84. The molecule has 0 amide bonds. The molecule has 8 heteroatoms. The van der Waals surface area contributed by atoms with Gasteiger partial charge in [0.05, 0.1) is 23.9 Å². The van der Waals surface area contributed by atoms with Crippen LogP contribution in [0, 0.1) is 37.0 Å². The van der Waals surface area contributed by atoms with Crippen LogP contribution in [-0.2, 0) is 24.3 Å². The van der Waals surface area contributed by atoms with Crippen LogP contribution >= 0.6 is 0 Å². The fourth-order valence-electron chi connectivity index (χ4n) is 6.02. The molecule has 2 aliphatic rings. The van der Waals surface area contributed by atoms with E-state index >= 15 is 0 Å². The van der Waals surface area contributed by atoms with E-state index in [9.17, 15) is 4.55 Å². The zero-order valence-corrected chi connectivity index (χ0v) is 24.2. The molecule has 0 saturated carbocycles. The van der Waals surface area contributed by atoms with E-state index in [0.717, 1.165) is 54.9 Å². The Kier molecular flexibility index (Phi) is 7.93. The molecule has 4 aromatic rings. The fraction of sp³-hybridized carbons (Fsp3) is 0.303. The van der Waals surface area contributed by atoms with Crippen LogP contribution in [0.2, 0.25) is 0 Å².